The Hall–Kier alpha value is -0.830. The largest absolute Gasteiger partial charge is 0.478 e. The monoisotopic (exact) mass is 140 g/mol. The van der Waals surface area contributed by atoms with Crippen LogP contribution in [0.1, 0.15) is 12.8 Å². The Kier molecular flexibility index (Phi) is 1.08. The molecule has 3 heteroatoms. The van der Waals surface area contributed by atoms with Crippen LogP contribution in [0.4, 0.5) is 0 Å². The molecule has 1 fully saturated rings. The molecule has 0 spiro atoms. The fraction of sp³-hybridized carbons (Fsp3) is 0.571. The lowest BCUT2D eigenvalue weighted by atomic mass is 10.00. The predicted molar refractivity (Wildman–Crippen MR) is 33.6 cm³/mol. The Morgan fingerprint density at radius 1 is 1.70 bits per heavy atom. The summed E-state index contributed by atoms with van der Waals surface area (Å²) < 4.78 is 5.27. The maximum Gasteiger partial charge on any atom is 0.333 e. The van der Waals surface area contributed by atoms with E-state index in [1.807, 2.05) is 0 Å². The zero-order valence-electron chi connectivity index (χ0n) is 5.41. The Balaban J connectivity index is 2.25. The maximum absolute atomic E-state index is 10.4. The van der Waals surface area contributed by atoms with Crippen molar-refractivity contribution in [3.8, 4) is 0 Å². The van der Waals surface area contributed by atoms with Crippen LogP contribution in [-0.2, 0) is 9.53 Å². The number of rotatable bonds is 1. The molecule has 0 amide bonds. The minimum absolute atomic E-state index is 0.0936. The molecule has 2 heterocycles. The van der Waals surface area contributed by atoms with E-state index in [0.29, 0.717) is 5.57 Å². The third-order valence-corrected chi connectivity index (χ3v) is 2.01. The van der Waals surface area contributed by atoms with Crippen LogP contribution in [-0.4, -0.2) is 23.3 Å². The van der Waals surface area contributed by atoms with Gasteiger partial charge in [0.25, 0.3) is 0 Å². The Morgan fingerprint density at radius 3 is 2.80 bits per heavy atom. The molecular weight excluding hydrogens is 132 g/mol. The van der Waals surface area contributed by atoms with E-state index in [1.54, 1.807) is 6.08 Å². The van der Waals surface area contributed by atoms with Crippen molar-refractivity contribution >= 4 is 5.97 Å². The summed E-state index contributed by atoms with van der Waals surface area (Å²) in [5.74, 6) is -0.827. The fourth-order valence-electron chi connectivity index (χ4n) is 1.53. The van der Waals surface area contributed by atoms with E-state index in [4.69, 9.17) is 9.84 Å². The van der Waals surface area contributed by atoms with Crippen LogP contribution in [0.5, 0.6) is 0 Å². The maximum atomic E-state index is 10.4. The molecule has 1 N–H and O–H groups in total. The number of aliphatic carboxylic acids is 1. The lowest BCUT2D eigenvalue weighted by molar-refractivity contribution is -0.133. The smallest absolute Gasteiger partial charge is 0.333 e. The van der Waals surface area contributed by atoms with Crippen molar-refractivity contribution < 1.29 is 14.6 Å². The molecule has 1 saturated heterocycles. The minimum Gasteiger partial charge on any atom is -0.478 e. The average molecular weight is 140 g/mol. The number of carbonyl (C=O) groups is 1. The first-order chi connectivity index (χ1) is 4.77. The topological polar surface area (TPSA) is 46.5 Å². The highest BCUT2D eigenvalue weighted by Crippen LogP contribution is 2.33. The van der Waals surface area contributed by atoms with E-state index in [1.165, 1.54) is 0 Å². The molecule has 2 unspecified atom stereocenters. The van der Waals surface area contributed by atoms with Crippen LogP contribution >= 0.6 is 0 Å². The van der Waals surface area contributed by atoms with Gasteiger partial charge in [0.2, 0.25) is 0 Å². The van der Waals surface area contributed by atoms with Crippen LogP contribution in [0.2, 0.25) is 0 Å². The number of carboxylic acid groups (broad SMARTS) is 1. The van der Waals surface area contributed by atoms with E-state index >= 15 is 0 Å². The first kappa shape index (κ1) is 5.92. The molecule has 2 atom stereocenters. The van der Waals surface area contributed by atoms with Crippen molar-refractivity contribution in [3.63, 3.8) is 0 Å². The quantitative estimate of drug-likeness (QED) is 0.578. The van der Waals surface area contributed by atoms with Crippen molar-refractivity contribution in [3.05, 3.63) is 11.6 Å². The average Bonchev–Trinajstić information content (AvgIpc) is 2.44. The Labute approximate surface area is 58.3 Å². The SMILES string of the molecule is O=C(O)C1=CC2CCC1O2. The molecule has 2 rings (SSSR count). The van der Waals surface area contributed by atoms with Gasteiger partial charge in [0.1, 0.15) is 0 Å². The van der Waals surface area contributed by atoms with Crippen LogP contribution in [0.15, 0.2) is 11.6 Å². The zero-order chi connectivity index (χ0) is 7.14. The van der Waals surface area contributed by atoms with Crippen LogP contribution in [0.3, 0.4) is 0 Å². The summed E-state index contributed by atoms with van der Waals surface area (Å²) >= 11 is 0. The van der Waals surface area contributed by atoms with Gasteiger partial charge in [0.05, 0.1) is 17.8 Å². The van der Waals surface area contributed by atoms with E-state index in [-0.39, 0.29) is 12.2 Å². The van der Waals surface area contributed by atoms with E-state index in [0.717, 1.165) is 12.8 Å². The van der Waals surface area contributed by atoms with Crippen molar-refractivity contribution in [2.75, 3.05) is 0 Å². The molecule has 2 aliphatic heterocycles. The molecule has 2 bridgehead atoms. The summed E-state index contributed by atoms with van der Waals surface area (Å²) in [6.45, 7) is 0. The minimum atomic E-state index is -0.827. The fourth-order valence-corrected chi connectivity index (χ4v) is 1.53. The van der Waals surface area contributed by atoms with Crippen LogP contribution in [0.25, 0.3) is 0 Å². The van der Waals surface area contributed by atoms with Gasteiger partial charge in [-0.2, -0.15) is 0 Å². The Morgan fingerprint density at radius 2 is 2.50 bits per heavy atom. The van der Waals surface area contributed by atoms with Crippen molar-refractivity contribution in [1.29, 1.82) is 0 Å². The molecule has 0 aromatic rings. The van der Waals surface area contributed by atoms with Crippen LogP contribution in [0, 0.1) is 0 Å². The molecule has 0 saturated carbocycles. The van der Waals surface area contributed by atoms with E-state index in [2.05, 4.69) is 0 Å². The summed E-state index contributed by atoms with van der Waals surface area (Å²) in [5.41, 5.74) is 0.455. The number of ether oxygens (including phenoxy) is 1. The standard InChI is InChI=1S/C7H8O3/c8-7(9)5-3-4-1-2-6(5)10-4/h3-4,6H,1-2H2,(H,8,9). The highest BCUT2D eigenvalue weighted by atomic mass is 16.5. The third-order valence-electron chi connectivity index (χ3n) is 2.01. The molecule has 0 radical (unpaired) electrons. The molecule has 54 valence electrons. The highest BCUT2D eigenvalue weighted by molar-refractivity contribution is 5.88. The molecule has 0 aliphatic carbocycles. The van der Waals surface area contributed by atoms with Gasteiger partial charge in [-0.25, -0.2) is 4.79 Å². The lowest BCUT2D eigenvalue weighted by Gasteiger charge is -2.03. The van der Waals surface area contributed by atoms with E-state index < -0.39 is 5.97 Å². The van der Waals surface area contributed by atoms with Gasteiger partial charge in [-0.05, 0) is 18.9 Å². The predicted octanol–water partition coefficient (Wildman–Crippen LogP) is 0.559. The second-order valence-corrected chi connectivity index (χ2v) is 2.67. The summed E-state index contributed by atoms with van der Waals surface area (Å²) in [5, 5.41) is 8.59. The van der Waals surface area contributed by atoms with Gasteiger partial charge in [-0.3, -0.25) is 0 Å². The second kappa shape index (κ2) is 1.83. The number of hydrogen-bond donors (Lipinski definition) is 1. The summed E-state index contributed by atoms with van der Waals surface area (Å²) in [6.07, 6.45) is 3.57. The normalized spacial score (nSPS) is 36.2. The lowest BCUT2D eigenvalue weighted by Crippen LogP contribution is -2.13. The van der Waals surface area contributed by atoms with Gasteiger partial charge in [0, 0.05) is 0 Å². The van der Waals surface area contributed by atoms with Gasteiger partial charge in [-0.15, -0.1) is 0 Å². The summed E-state index contributed by atoms with van der Waals surface area (Å²) in [4.78, 5) is 10.4. The zero-order valence-corrected chi connectivity index (χ0v) is 5.41. The van der Waals surface area contributed by atoms with Crippen LogP contribution < -0.4 is 0 Å². The van der Waals surface area contributed by atoms with E-state index in [9.17, 15) is 4.79 Å². The third kappa shape index (κ3) is 0.671. The summed E-state index contributed by atoms with van der Waals surface area (Å²) in [6, 6.07) is 0. The molecule has 3 nitrogen and oxygen atoms in total. The van der Waals surface area contributed by atoms with Crippen molar-refractivity contribution in [2.45, 2.75) is 25.0 Å². The Bertz CT molecular complexity index is 207. The second-order valence-electron chi connectivity index (χ2n) is 2.67. The molecule has 0 aromatic carbocycles. The van der Waals surface area contributed by atoms with Gasteiger partial charge >= 0.3 is 5.97 Å². The first-order valence-electron chi connectivity index (χ1n) is 3.38. The number of hydrogen-bond acceptors (Lipinski definition) is 2. The first-order valence-corrected chi connectivity index (χ1v) is 3.38. The number of carboxylic acids is 1. The van der Waals surface area contributed by atoms with Crippen molar-refractivity contribution in [2.24, 2.45) is 0 Å². The molecule has 2 aliphatic rings. The van der Waals surface area contributed by atoms with Gasteiger partial charge in [-0.1, -0.05) is 0 Å². The summed E-state index contributed by atoms with van der Waals surface area (Å²) in [7, 11) is 0. The van der Waals surface area contributed by atoms with Gasteiger partial charge < -0.3 is 9.84 Å². The number of fused-ring (bicyclic) bond motifs is 2. The van der Waals surface area contributed by atoms with Crippen molar-refractivity contribution in [1.82, 2.24) is 0 Å². The molecule has 0 aromatic heterocycles. The molecular formula is C7H8O3. The highest BCUT2D eigenvalue weighted by Gasteiger charge is 2.36. The molecule has 10 heavy (non-hydrogen) atoms. The van der Waals surface area contributed by atoms with Gasteiger partial charge in [0.15, 0.2) is 0 Å².